The second kappa shape index (κ2) is 14.2. The average Bonchev–Trinajstić information content (AvgIpc) is 3.34. The highest BCUT2D eigenvalue weighted by Gasteiger charge is 2.46. The van der Waals surface area contributed by atoms with Crippen molar-refractivity contribution < 1.29 is 54.6 Å². The number of phenolic OH excluding ortho intramolecular Hbond substituents is 2. The zero-order valence-corrected chi connectivity index (χ0v) is 24.4. The fourth-order valence-electron chi connectivity index (χ4n) is 4.79. The van der Waals surface area contributed by atoms with Crippen LogP contribution in [0.15, 0.2) is 97.1 Å². The minimum atomic E-state index is -1.13. The van der Waals surface area contributed by atoms with E-state index >= 15 is 0 Å². The number of hydrogen-bond acceptors (Lipinski definition) is 7. The highest BCUT2D eigenvalue weighted by atomic mass is 16.5. The second-order valence-corrected chi connectivity index (χ2v) is 10.8. The fraction of sp³-hybridized carbons (Fsp3) is 0.176. The van der Waals surface area contributed by atoms with Crippen LogP contribution in [0.5, 0.6) is 11.5 Å². The number of aromatic hydroxyl groups is 2. The Labute approximate surface area is 258 Å². The van der Waals surface area contributed by atoms with Gasteiger partial charge in [0, 0.05) is 5.41 Å². The van der Waals surface area contributed by atoms with Gasteiger partial charge in [0.25, 0.3) is 0 Å². The molecule has 0 aromatic heterocycles. The van der Waals surface area contributed by atoms with E-state index in [0.717, 1.165) is 23.6 Å². The minimum Gasteiger partial charge on any atom is -0.508 e. The lowest BCUT2D eigenvalue weighted by Gasteiger charge is -2.30. The Morgan fingerprint density at radius 3 is 1.20 bits per heavy atom. The molecule has 234 valence electrons. The molecule has 5 rings (SSSR count). The quantitative estimate of drug-likeness (QED) is 0.154. The Hall–Kier alpha value is -5.68. The molecule has 0 saturated carbocycles. The largest absolute Gasteiger partial charge is 0.508 e. The zero-order chi connectivity index (χ0) is 33.4. The van der Waals surface area contributed by atoms with Crippen molar-refractivity contribution in [2.75, 3.05) is 6.61 Å². The SMILES string of the molecule is CC1(C)CC(c2ccc(O)cc2)(c2ccc(O)cc2)CO1.O=C(O)c1ccc(C(=O)O)cc1.O=C(O)c1cccc(C(=O)O)c1. The lowest BCUT2D eigenvalue weighted by Crippen LogP contribution is -2.29. The predicted molar refractivity (Wildman–Crippen MR) is 162 cm³/mol. The van der Waals surface area contributed by atoms with Gasteiger partial charge in [-0.05, 0) is 98.1 Å². The minimum absolute atomic E-state index is 0.0186. The summed E-state index contributed by atoms with van der Waals surface area (Å²) in [5.41, 5.74) is 1.93. The topological polar surface area (TPSA) is 199 Å². The molecule has 11 heteroatoms. The summed E-state index contributed by atoms with van der Waals surface area (Å²) in [6.07, 6.45) is 0.857. The van der Waals surface area contributed by atoms with Gasteiger partial charge in [-0.3, -0.25) is 0 Å². The molecule has 1 fully saturated rings. The predicted octanol–water partition coefficient (Wildman–Crippen LogP) is 5.75. The fourth-order valence-corrected chi connectivity index (χ4v) is 4.79. The van der Waals surface area contributed by atoms with Gasteiger partial charge in [-0.15, -0.1) is 0 Å². The molecule has 0 spiro atoms. The van der Waals surface area contributed by atoms with E-state index in [0.29, 0.717) is 6.61 Å². The summed E-state index contributed by atoms with van der Waals surface area (Å²) >= 11 is 0. The molecular weight excluding hydrogens is 584 g/mol. The molecule has 45 heavy (non-hydrogen) atoms. The first-order chi connectivity index (χ1) is 21.1. The third-order valence-corrected chi connectivity index (χ3v) is 7.01. The molecular formula is C34H32O11. The van der Waals surface area contributed by atoms with Crippen LogP contribution in [0.25, 0.3) is 0 Å². The second-order valence-electron chi connectivity index (χ2n) is 10.8. The van der Waals surface area contributed by atoms with Crippen molar-refractivity contribution in [2.24, 2.45) is 0 Å². The van der Waals surface area contributed by atoms with Crippen molar-refractivity contribution in [1.82, 2.24) is 0 Å². The van der Waals surface area contributed by atoms with E-state index in [-0.39, 0.29) is 44.8 Å². The highest BCUT2D eigenvalue weighted by Crippen LogP contribution is 2.46. The van der Waals surface area contributed by atoms with E-state index in [2.05, 4.69) is 13.8 Å². The normalized spacial score (nSPS) is 14.1. The Kier molecular flexibility index (Phi) is 10.7. The van der Waals surface area contributed by atoms with Crippen LogP contribution in [0.4, 0.5) is 0 Å². The molecule has 0 amide bonds. The van der Waals surface area contributed by atoms with Gasteiger partial charge in [0.1, 0.15) is 11.5 Å². The van der Waals surface area contributed by atoms with E-state index in [1.54, 1.807) is 24.3 Å². The van der Waals surface area contributed by atoms with E-state index < -0.39 is 23.9 Å². The van der Waals surface area contributed by atoms with Crippen molar-refractivity contribution in [1.29, 1.82) is 0 Å². The van der Waals surface area contributed by atoms with Crippen LogP contribution in [-0.4, -0.2) is 66.7 Å². The third kappa shape index (κ3) is 8.91. The first-order valence-electron chi connectivity index (χ1n) is 13.5. The van der Waals surface area contributed by atoms with Crippen LogP contribution in [0.3, 0.4) is 0 Å². The zero-order valence-electron chi connectivity index (χ0n) is 24.4. The molecule has 4 aromatic rings. The third-order valence-electron chi connectivity index (χ3n) is 7.01. The lowest BCUT2D eigenvalue weighted by molar-refractivity contribution is 0.0348. The standard InChI is InChI=1S/C18H20O3.2C8H6O4/c1-17(2)11-18(12-21-17,13-3-7-15(19)8-4-13)14-5-9-16(20)10-6-14;9-7(10)5-1-2-6(4-3-5)8(11)12;9-7(10)5-2-1-3-6(4-5)8(11)12/h3-10,19-20H,11-12H2,1-2H3;2*1-4H,(H,9,10)(H,11,12). The average molecular weight is 617 g/mol. The molecule has 1 saturated heterocycles. The number of hydrogen-bond donors (Lipinski definition) is 6. The van der Waals surface area contributed by atoms with Gasteiger partial charge >= 0.3 is 23.9 Å². The van der Waals surface area contributed by atoms with E-state index in [9.17, 15) is 29.4 Å². The van der Waals surface area contributed by atoms with Gasteiger partial charge in [0.05, 0.1) is 34.5 Å². The molecule has 4 aromatic carbocycles. The van der Waals surface area contributed by atoms with Gasteiger partial charge in [-0.25, -0.2) is 19.2 Å². The Bertz CT molecular complexity index is 1550. The monoisotopic (exact) mass is 616 g/mol. The first-order valence-corrected chi connectivity index (χ1v) is 13.5. The van der Waals surface area contributed by atoms with Crippen LogP contribution in [0.2, 0.25) is 0 Å². The number of aromatic carboxylic acids is 4. The summed E-state index contributed by atoms with van der Waals surface area (Å²) < 4.78 is 6.00. The van der Waals surface area contributed by atoms with Crippen molar-refractivity contribution in [3.8, 4) is 11.5 Å². The lowest BCUT2D eigenvalue weighted by atomic mass is 9.71. The van der Waals surface area contributed by atoms with E-state index in [4.69, 9.17) is 25.2 Å². The van der Waals surface area contributed by atoms with Crippen molar-refractivity contribution >= 4 is 23.9 Å². The molecule has 0 aliphatic carbocycles. The number of carboxylic acids is 4. The van der Waals surface area contributed by atoms with Gasteiger partial charge in [-0.2, -0.15) is 0 Å². The van der Waals surface area contributed by atoms with Crippen LogP contribution in [0, 0.1) is 0 Å². The molecule has 1 aliphatic heterocycles. The van der Waals surface area contributed by atoms with E-state index in [1.807, 2.05) is 24.3 Å². The summed E-state index contributed by atoms with van der Waals surface area (Å²) in [5.74, 6) is -3.86. The van der Waals surface area contributed by atoms with Gasteiger partial charge in [-0.1, -0.05) is 30.3 Å². The van der Waals surface area contributed by atoms with Crippen LogP contribution >= 0.6 is 0 Å². The molecule has 0 bridgehead atoms. The molecule has 0 radical (unpaired) electrons. The van der Waals surface area contributed by atoms with Crippen LogP contribution < -0.4 is 0 Å². The number of carbonyl (C=O) groups is 4. The number of carboxylic acid groups (broad SMARTS) is 4. The Morgan fingerprint density at radius 2 is 0.911 bits per heavy atom. The summed E-state index contributed by atoms with van der Waals surface area (Å²) in [6, 6.07) is 24.9. The Balaban J connectivity index is 0.000000198. The molecule has 6 N–H and O–H groups in total. The summed E-state index contributed by atoms with van der Waals surface area (Å²) in [7, 11) is 0. The number of rotatable bonds is 6. The van der Waals surface area contributed by atoms with Gasteiger partial charge in [0.2, 0.25) is 0 Å². The molecule has 1 heterocycles. The molecule has 0 unspecified atom stereocenters. The highest BCUT2D eigenvalue weighted by molar-refractivity contribution is 5.93. The van der Waals surface area contributed by atoms with Gasteiger partial charge in [0.15, 0.2) is 0 Å². The maximum Gasteiger partial charge on any atom is 0.335 e. The first kappa shape index (κ1) is 33.8. The Morgan fingerprint density at radius 1 is 0.556 bits per heavy atom. The van der Waals surface area contributed by atoms with Gasteiger partial charge < -0.3 is 35.4 Å². The summed E-state index contributed by atoms with van der Waals surface area (Å²) in [5, 5.41) is 53.0. The van der Waals surface area contributed by atoms with Crippen LogP contribution in [-0.2, 0) is 10.2 Å². The number of benzene rings is 4. The van der Waals surface area contributed by atoms with E-state index in [1.165, 1.54) is 42.5 Å². The molecule has 0 atom stereocenters. The summed E-state index contributed by atoms with van der Waals surface area (Å²) in [4.78, 5) is 41.4. The van der Waals surface area contributed by atoms with Crippen molar-refractivity contribution in [3.63, 3.8) is 0 Å². The number of phenols is 2. The molecule has 11 nitrogen and oxygen atoms in total. The maximum atomic E-state index is 10.4. The summed E-state index contributed by atoms with van der Waals surface area (Å²) in [6.45, 7) is 4.78. The molecule has 1 aliphatic rings. The van der Waals surface area contributed by atoms with Crippen molar-refractivity contribution in [3.05, 3.63) is 130 Å². The number of ether oxygens (including phenoxy) is 1. The van der Waals surface area contributed by atoms with Crippen LogP contribution in [0.1, 0.15) is 72.8 Å². The maximum absolute atomic E-state index is 10.4. The smallest absolute Gasteiger partial charge is 0.335 e. The van der Waals surface area contributed by atoms with Crippen molar-refractivity contribution in [2.45, 2.75) is 31.3 Å².